The Kier molecular flexibility index (Phi) is 3.64. The number of hydrogen-bond donors (Lipinski definition) is 2. The molecule has 0 spiro atoms. The predicted octanol–water partition coefficient (Wildman–Crippen LogP) is -0.363. The Morgan fingerprint density at radius 1 is 1.32 bits per heavy atom. The van der Waals surface area contributed by atoms with Crippen LogP contribution in [0.1, 0.15) is 28.8 Å². The molecule has 2 N–H and O–H groups in total. The molecular formula is C17H19N3O5. The average molecular weight is 345 g/mol. The molecule has 3 aliphatic heterocycles. The molecule has 2 atom stereocenters. The number of carbonyl (C=O) groups is 3. The summed E-state index contributed by atoms with van der Waals surface area (Å²) in [5.74, 6) is -0.380. The van der Waals surface area contributed by atoms with Crippen molar-refractivity contribution in [1.29, 1.82) is 0 Å². The molecule has 0 saturated carbocycles. The molecule has 3 amide bonds. The zero-order chi connectivity index (χ0) is 17.7. The first-order chi connectivity index (χ1) is 12.0. The number of ether oxygens (including phenoxy) is 1. The fourth-order valence-electron chi connectivity index (χ4n) is 3.74. The lowest BCUT2D eigenvalue weighted by Gasteiger charge is -2.34. The van der Waals surface area contributed by atoms with E-state index in [4.69, 9.17) is 4.74 Å². The maximum absolute atomic E-state index is 12.8. The zero-order valence-corrected chi connectivity index (χ0v) is 13.8. The molecule has 1 fully saturated rings. The van der Waals surface area contributed by atoms with E-state index in [-0.39, 0.29) is 37.5 Å². The van der Waals surface area contributed by atoms with Crippen LogP contribution in [-0.4, -0.2) is 60.1 Å². The van der Waals surface area contributed by atoms with Gasteiger partial charge in [-0.05, 0) is 18.6 Å². The molecule has 4 rings (SSSR count). The van der Waals surface area contributed by atoms with Crippen LogP contribution in [0.3, 0.4) is 0 Å². The van der Waals surface area contributed by atoms with Crippen molar-refractivity contribution >= 4 is 23.4 Å². The summed E-state index contributed by atoms with van der Waals surface area (Å²) in [5.41, 5.74) is 2.11. The minimum Gasteiger partial charge on any atom is -0.484 e. The number of nitrogens with one attached hydrogen (secondary N) is 1. The van der Waals surface area contributed by atoms with Crippen molar-refractivity contribution in [3.8, 4) is 5.75 Å². The lowest BCUT2D eigenvalue weighted by molar-refractivity contribution is -0.136. The smallest absolute Gasteiger partial charge is 0.255 e. The maximum atomic E-state index is 12.8. The van der Waals surface area contributed by atoms with Crippen LogP contribution >= 0.6 is 0 Å². The van der Waals surface area contributed by atoms with Gasteiger partial charge in [0.2, 0.25) is 11.8 Å². The Morgan fingerprint density at radius 3 is 2.84 bits per heavy atom. The first-order valence-corrected chi connectivity index (χ1v) is 8.28. The van der Waals surface area contributed by atoms with Gasteiger partial charge in [-0.1, -0.05) is 0 Å². The Labute approximate surface area is 144 Å². The first-order valence-electron chi connectivity index (χ1n) is 8.28. The second kappa shape index (κ2) is 5.73. The lowest BCUT2D eigenvalue weighted by Crippen LogP contribution is -2.52. The van der Waals surface area contributed by atoms with Crippen LogP contribution in [0.15, 0.2) is 12.1 Å². The molecule has 8 heteroatoms. The van der Waals surface area contributed by atoms with Crippen LogP contribution in [0.2, 0.25) is 0 Å². The molecule has 1 aromatic rings. The van der Waals surface area contributed by atoms with Crippen molar-refractivity contribution in [2.45, 2.75) is 31.5 Å². The number of rotatable bonds is 2. The van der Waals surface area contributed by atoms with Gasteiger partial charge in [-0.15, -0.1) is 0 Å². The molecular weight excluding hydrogens is 326 g/mol. The lowest BCUT2D eigenvalue weighted by atomic mass is 10.0. The van der Waals surface area contributed by atoms with Crippen molar-refractivity contribution in [1.82, 2.24) is 10.2 Å². The summed E-state index contributed by atoms with van der Waals surface area (Å²) in [6.07, 6.45) is 0.191. The SMILES string of the molecule is CN1CC(CO)Oc2c1ccc1c2CN(C2CCC(=O)NC2=O)C1=O. The molecule has 0 radical (unpaired) electrons. The van der Waals surface area contributed by atoms with E-state index in [0.29, 0.717) is 24.3 Å². The molecule has 0 aromatic heterocycles. The topological polar surface area (TPSA) is 99.2 Å². The molecule has 2 unspecified atom stereocenters. The Hall–Kier alpha value is -2.61. The van der Waals surface area contributed by atoms with Crippen LogP contribution in [0.5, 0.6) is 5.75 Å². The molecule has 1 aromatic carbocycles. The minimum atomic E-state index is -0.650. The summed E-state index contributed by atoms with van der Waals surface area (Å²) >= 11 is 0. The van der Waals surface area contributed by atoms with E-state index in [0.717, 1.165) is 11.3 Å². The molecule has 3 heterocycles. The molecule has 3 aliphatic rings. The van der Waals surface area contributed by atoms with Gasteiger partial charge in [-0.2, -0.15) is 0 Å². The van der Waals surface area contributed by atoms with E-state index in [1.165, 1.54) is 4.90 Å². The summed E-state index contributed by atoms with van der Waals surface area (Å²) < 4.78 is 5.90. The van der Waals surface area contributed by atoms with E-state index in [1.807, 2.05) is 18.0 Å². The Bertz CT molecular complexity index is 778. The number of hydrogen-bond acceptors (Lipinski definition) is 6. The number of likely N-dealkylation sites (N-methyl/N-ethyl adjacent to an activating group) is 1. The van der Waals surface area contributed by atoms with E-state index in [1.54, 1.807) is 6.07 Å². The highest BCUT2D eigenvalue weighted by Gasteiger charge is 2.41. The molecule has 0 bridgehead atoms. The van der Waals surface area contributed by atoms with E-state index < -0.39 is 11.9 Å². The van der Waals surface area contributed by atoms with Crippen LogP contribution in [0.25, 0.3) is 0 Å². The highest BCUT2D eigenvalue weighted by molar-refractivity contribution is 6.06. The van der Waals surface area contributed by atoms with Gasteiger partial charge in [0.05, 0.1) is 25.4 Å². The van der Waals surface area contributed by atoms with Crippen molar-refractivity contribution in [2.75, 3.05) is 25.1 Å². The summed E-state index contributed by atoms with van der Waals surface area (Å²) in [6.45, 7) is 0.709. The number of aliphatic hydroxyl groups is 1. The van der Waals surface area contributed by atoms with Gasteiger partial charge >= 0.3 is 0 Å². The number of carbonyl (C=O) groups excluding carboxylic acids is 3. The highest BCUT2D eigenvalue weighted by atomic mass is 16.5. The second-order valence-electron chi connectivity index (χ2n) is 6.64. The van der Waals surface area contributed by atoms with Gasteiger partial charge < -0.3 is 19.6 Å². The third kappa shape index (κ3) is 2.44. The summed E-state index contributed by atoms with van der Waals surface area (Å²) in [4.78, 5) is 39.7. The molecule has 25 heavy (non-hydrogen) atoms. The van der Waals surface area contributed by atoms with E-state index in [9.17, 15) is 19.5 Å². The summed E-state index contributed by atoms with van der Waals surface area (Å²) in [6, 6.07) is 2.93. The monoisotopic (exact) mass is 345 g/mol. The number of nitrogens with zero attached hydrogens (tertiary/aromatic N) is 2. The third-order valence-corrected chi connectivity index (χ3v) is 5.02. The van der Waals surface area contributed by atoms with Gasteiger partial charge in [-0.25, -0.2) is 0 Å². The fourth-order valence-corrected chi connectivity index (χ4v) is 3.74. The fraction of sp³-hybridized carbons (Fsp3) is 0.471. The number of anilines is 1. The van der Waals surface area contributed by atoms with Gasteiger partial charge in [0, 0.05) is 24.6 Å². The van der Waals surface area contributed by atoms with Gasteiger partial charge in [0.15, 0.2) is 0 Å². The Morgan fingerprint density at radius 2 is 2.12 bits per heavy atom. The molecule has 132 valence electrons. The largest absolute Gasteiger partial charge is 0.484 e. The Balaban J connectivity index is 1.68. The first kappa shape index (κ1) is 15.9. The maximum Gasteiger partial charge on any atom is 0.255 e. The van der Waals surface area contributed by atoms with Gasteiger partial charge in [-0.3, -0.25) is 19.7 Å². The minimum absolute atomic E-state index is 0.113. The molecule has 1 saturated heterocycles. The standard InChI is InChI=1S/C17H19N3O5/c1-19-6-9(8-21)25-15-11-7-20(13-4-5-14(22)18-16(13)23)17(24)10(11)2-3-12(15)19/h2-3,9,13,21H,4-8H2,1H3,(H,18,22,23). The van der Waals surface area contributed by atoms with Crippen molar-refractivity contribution in [3.05, 3.63) is 23.3 Å². The van der Waals surface area contributed by atoms with Gasteiger partial charge in [0.1, 0.15) is 17.9 Å². The number of imide groups is 1. The van der Waals surface area contributed by atoms with Crippen LogP contribution in [0, 0.1) is 0 Å². The quantitative estimate of drug-likeness (QED) is 0.710. The third-order valence-electron chi connectivity index (χ3n) is 5.02. The van der Waals surface area contributed by atoms with Gasteiger partial charge in [0.25, 0.3) is 5.91 Å². The second-order valence-corrected chi connectivity index (χ2v) is 6.64. The van der Waals surface area contributed by atoms with Crippen molar-refractivity contribution in [3.63, 3.8) is 0 Å². The summed E-state index contributed by atoms with van der Waals surface area (Å²) in [5, 5.41) is 11.7. The molecule has 0 aliphatic carbocycles. The number of benzene rings is 1. The highest BCUT2D eigenvalue weighted by Crippen LogP contribution is 2.42. The van der Waals surface area contributed by atoms with Crippen molar-refractivity contribution in [2.24, 2.45) is 0 Å². The van der Waals surface area contributed by atoms with Crippen LogP contribution in [0.4, 0.5) is 5.69 Å². The number of aliphatic hydroxyl groups excluding tert-OH is 1. The van der Waals surface area contributed by atoms with Crippen LogP contribution < -0.4 is 15.0 Å². The number of piperidine rings is 1. The zero-order valence-electron chi connectivity index (χ0n) is 13.8. The summed E-state index contributed by atoms with van der Waals surface area (Å²) in [7, 11) is 1.91. The number of fused-ring (bicyclic) bond motifs is 3. The average Bonchev–Trinajstić information content (AvgIpc) is 2.92. The van der Waals surface area contributed by atoms with E-state index >= 15 is 0 Å². The normalized spacial score (nSPS) is 25.4. The number of amides is 3. The van der Waals surface area contributed by atoms with Crippen molar-refractivity contribution < 1.29 is 24.2 Å². The predicted molar refractivity (Wildman–Crippen MR) is 87.3 cm³/mol. The van der Waals surface area contributed by atoms with E-state index in [2.05, 4.69) is 5.32 Å². The van der Waals surface area contributed by atoms with Crippen LogP contribution in [-0.2, 0) is 16.1 Å². The molecule has 8 nitrogen and oxygen atoms in total.